The van der Waals surface area contributed by atoms with E-state index in [-0.39, 0.29) is 6.10 Å². The molecule has 1 aromatic carbocycles. The Kier molecular flexibility index (Phi) is 7.06. The molecule has 0 amide bonds. The Hall–Kier alpha value is -2.08. The van der Waals surface area contributed by atoms with Crippen LogP contribution in [0.15, 0.2) is 24.3 Å². The van der Waals surface area contributed by atoms with E-state index in [1.165, 1.54) is 0 Å². The molecule has 132 valence electrons. The van der Waals surface area contributed by atoms with Gasteiger partial charge in [0.15, 0.2) is 0 Å². The Morgan fingerprint density at radius 2 is 1.75 bits per heavy atom. The zero-order valence-corrected chi connectivity index (χ0v) is 14.2. The van der Waals surface area contributed by atoms with Crippen molar-refractivity contribution in [2.24, 2.45) is 5.92 Å². The lowest BCUT2D eigenvalue weighted by Gasteiger charge is -2.29. The van der Waals surface area contributed by atoms with Crippen LogP contribution in [0.3, 0.4) is 0 Å². The highest BCUT2D eigenvalue weighted by Gasteiger charge is 2.28. The molecule has 1 fully saturated rings. The summed E-state index contributed by atoms with van der Waals surface area (Å²) in [6, 6.07) is 6.88. The number of aryl methyl sites for hydroxylation is 1. The Bertz CT molecular complexity index is 539. The summed E-state index contributed by atoms with van der Waals surface area (Å²) in [5, 5.41) is 4.25. The van der Waals surface area contributed by atoms with E-state index in [2.05, 4.69) is 21.7 Å². The van der Waals surface area contributed by atoms with E-state index in [1.807, 2.05) is 19.1 Å². The molecule has 2 atom stereocenters. The maximum atomic E-state index is 11.7. The molecule has 0 bridgehead atoms. The zero-order chi connectivity index (χ0) is 17.4. The predicted octanol–water partition coefficient (Wildman–Crippen LogP) is 4.37. The van der Waals surface area contributed by atoms with E-state index in [4.69, 9.17) is 4.74 Å². The van der Waals surface area contributed by atoms with Crippen molar-refractivity contribution in [2.45, 2.75) is 58.5 Å². The van der Waals surface area contributed by atoms with Gasteiger partial charge in [0, 0.05) is 0 Å². The summed E-state index contributed by atoms with van der Waals surface area (Å²) in [5.41, 5.74) is 1.41. The second-order valence-corrected chi connectivity index (χ2v) is 5.93. The predicted molar refractivity (Wildman–Crippen MR) is 85.9 cm³/mol. The minimum atomic E-state index is -0.991. The third-order valence-corrected chi connectivity index (χ3v) is 4.42. The van der Waals surface area contributed by atoms with Gasteiger partial charge in [-0.2, -0.15) is 0 Å². The first kappa shape index (κ1) is 18.3. The lowest BCUT2D eigenvalue weighted by Crippen LogP contribution is -2.30. The Morgan fingerprint density at radius 3 is 2.42 bits per heavy atom. The van der Waals surface area contributed by atoms with Gasteiger partial charge in [-0.05, 0) is 55.7 Å². The zero-order valence-electron chi connectivity index (χ0n) is 14.2. The van der Waals surface area contributed by atoms with Crippen LogP contribution in [0.1, 0.15) is 61.9 Å². The topological polar surface area (TPSA) is 71.1 Å². The molecule has 1 saturated carbocycles. The van der Waals surface area contributed by atoms with E-state index in [1.54, 1.807) is 12.1 Å². The van der Waals surface area contributed by atoms with Crippen LogP contribution in [0.2, 0.25) is 0 Å². The normalized spacial score (nSPS) is 20.2. The molecule has 0 heterocycles. The standard InChI is InChI=1S/C18H24O6/c1-3-13-9-11-15(12-10-13)17(19)22-24-23-18(20)21-16-8-6-5-7-14(16)4-2/h9-12,14,16H,3-8H2,1-2H3. The monoisotopic (exact) mass is 336 g/mol. The number of carbonyl (C=O) groups is 2. The highest BCUT2D eigenvalue weighted by molar-refractivity contribution is 5.88. The minimum absolute atomic E-state index is 0.169. The fourth-order valence-electron chi connectivity index (χ4n) is 2.94. The largest absolute Gasteiger partial charge is 0.543 e. The second-order valence-electron chi connectivity index (χ2n) is 5.93. The van der Waals surface area contributed by atoms with Crippen LogP contribution in [0, 0.1) is 5.92 Å². The van der Waals surface area contributed by atoms with Crippen molar-refractivity contribution >= 4 is 12.1 Å². The van der Waals surface area contributed by atoms with Gasteiger partial charge >= 0.3 is 12.1 Å². The number of ether oxygens (including phenoxy) is 1. The van der Waals surface area contributed by atoms with Crippen LogP contribution >= 0.6 is 0 Å². The van der Waals surface area contributed by atoms with Crippen LogP contribution in [0.4, 0.5) is 4.79 Å². The van der Waals surface area contributed by atoms with Gasteiger partial charge in [0.05, 0.1) is 10.6 Å². The Labute approximate surface area is 141 Å². The van der Waals surface area contributed by atoms with Crippen LogP contribution in [-0.4, -0.2) is 18.2 Å². The molecular weight excluding hydrogens is 312 g/mol. The molecule has 6 heteroatoms. The number of carbonyl (C=O) groups excluding carboxylic acids is 2. The quantitative estimate of drug-likeness (QED) is 0.436. The number of hydrogen-bond acceptors (Lipinski definition) is 6. The van der Waals surface area contributed by atoms with Crippen molar-refractivity contribution in [1.82, 2.24) is 0 Å². The molecule has 0 N–H and O–H groups in total. The molecular formula is C18H24O6. The number of rotatable bonds is 6. The molecule has 1 aromatic rings. The van der Waals surface area contributed by atoms with E-state index in [9.17, 15) is 9.59 Å². The van der Waals surface area contributed by atoms with Gasteiger partial charge in [0.1, 0.15) is 6.10 Å². The van der Waals surface area contributed by atoms with Gasteiger partial charge in [0.25, 0.3) is 0 Å². The fraction of sp³-hybridized carbons (Fsp3) is 0.556. The SMILES string of the molecule is CCc1ccc(C(=O)OOOC(=O)OC2CCCCC2CC)cc1. The van der Waals surface area contributed by atoms with E-state index < -0.39 is 12.1 Å². The lowest BCUT2D eigenvalue weighted by atomic mass is 9.85. The highest BCUT2D eigenvalue weighted by Crippen LogP contribution is 2.29. The molecule has 6 nitrogen and oxygen atoms in total. The molecule has 24 heavy (non-hydrogen) atoms. The summed E-state index contributed by atoms with van der Waals surface area (Å²) >= 11 is 0. The Balaban J connectivity index is 1.72. The van der Waals surface area contributed by atoms with Crippen molar-refractivity contribution in [2.75, 3.05) is 0 Å². The van der Waals surface area contributed by atoms with Crippen molar-refractivity contribution in [3.8, 4) is 0 Å². The maximum Gasteiger partial charge on any atom is 0.543 e. The van der Waals surface area contributed by atoms with E-state index in [0.717, 1.165) is 44.1 Å². The van der Waals surface area contributed by atoms with Gasteiger partial charge in [-0.1, -0.05) is 32.4 Å². The molecule has 0 aliphatic heterocycles. The van der Waals surface area contributed by atoms with Gasteiger partial charge in [-0.25, -0.2) is 14.5 Å². The van der Waals surface area contributed by atoms with Crippen molar-refractivity contribution in [1.29, 1.82) is 0 Å². The second kappa shape index (κ2) is 9.27. The van der Waals surface area contributed by atoms with Crippen molar-refractivity contribution < 1.29 is 29.1 Å². The molecule has 0 aromatic heterocycles. The molecule has 1 aliphatic rings. The van der Waals surface area contributed by atoms with Crippen LogP contribution in [0.25, 0.3) is 0 Å². The van der Waals surface area contributed by atoms with E-state index >= 15 is 0 Å². The molecule has 1 aliphatic carbocycles. The van der Waals surface area contributed by atoms with Crippen LogP contribution in [0.5, 0.6) is 0 Å². The van der Waals surface area contributed by atoms with Gasteiger partial charge < -0.3 is 4.74 Å². The average molecular weight is 336 g/mol. The van der Waals surface area contributed by atoms with Crippen molar-refractivity contribution in [3.05, 3.63) is 35.4 Å². The first-order valence-electron chi connectivity index (χ1n) is 8.49. The smallest absolute Gasteiger partial charge is 0.429 e. The summed E-state index contributed by atoms with van der Waals surface area (Å²) in [5.74, 6) is -0.402. The molecule has 0 radical (unpaired) electrons. The van der Waals surface area contributed by atoms with Gasteiger partial charge in [-0.15, -0.1) is 0 Å². The molecule has 0 spiro atoms. The summed E-state index contributed by atoms with van der Waals surface area (Å²) < 4.78 is 5.24. The van der Waals surface area contributed by atoms with Gasteiger partial charge in [-0.3, -0.25) is 4.89 Å². The van der Waals surface area contributed by atoms with Crippen LogP contribution in [-0.2, 0) is 26.0 Å². The van der Waals surface area contributed by atoms with Crippen molar-refractivity contribution in [3.63, 3.8) is 0 Å². The Morgan fingerprint density at radius 1 is 1.04 bits per heavy atom. The third-order valence-electron chi connectivity index (χ3n) is 4.42. The van der Waals surface area contributed by atoms with Gasteiger partial charge in [0.2, 0.25) is 0 Å². The first-order valence-corrected chi connectivity index (χ1v) is 8.49. The summed E-state index contributed by atoms with van der Waals surface area (Å²) in [6.07, 6.45) is 4.69. The highest BCUT2D eigenvalue weighted by atomic mass is 17.5. The summed E-state index contributed by atoms with van der Waals surface area (Å²) in [4.78, 5) is 32.2. The molecule has 2 unspecified atom stereocenters. The maximum absolute atomic E-state index is 11.7. The summed E-state index contributed by atoms with van der Waals surface area (Å²) in [7, 11) is 0. The van der Waals surface area contributed by atoms with Crippen LogP contribution < -0.4 is 0 Å². The fourth-order valence-corrected chi connectivity index (χ4v) is 2.94. The first-order chi connectivity index (χ1) is 11.6. The third kappa shape index (κ3) is 5.23. The average Bonchev–Trinajstić information content (AvgIpc) is 2.62. The summed E-state index contributed by atoms with van der Waals surface area (Å²) in [6.45, 7) is 4.09. The lowest BCUT2D eigenvalue weighted by molar-refractivity contribution is -0.453. The number of benzene rings is 1. The minimum Gasteiger partial charge on any atom is -0.429 e. The number of hydrogen-bond donors (Lipinski definition) is 0. The molecule has 2 rings (SSSR count). The van der Waals surface area contributed by atoms with E-state index in [0.29, 0.717) is 11.5 Å². The molecule has 0 saturated heterocycles.